The minimum atomic E-state index is -5.08. The molecule has 39 heavy (non-hydrogen) atoms. The van der Waals surface area contributed by atoms with Gasteiger partial charge in [-0.3, -0.25) is 4.79 Å². The smallest absolute Gasteiger partial charge is 0.490 e. The predicted octanol–water partition coefficient (Wildman–Crippen LogP) is 5.46. The van der Waals surface area contributed by atoms with Crippen LogP contribution >= 0.6 is 0 Å². The molecular weight excluding hydrogens is 517 g/mol. The molecule has 0 saturated heterocycles. The number of rotatable bonds is 10. The van der Waals surface area contributed by atoms with E-state index in [2.05, 4.69) is 4.98 Å². The first-order valence-corrected chi connectivity index (χ1v) is 11.9. The van der Waals surface area contributed by atoms with Gasteiger partial charge < -0.3 is 24.3 Å². The number of aliphatic carboxylic acids is 2. The third-order valence-corrected chi connectivity index (χ3v) is 5.63. The summed E-state index contributed by atoms with van der Waals surface area (Å²) in [5, 5.41) is 16.7. The summed E-state index contributed by atoms with van der Waals surface area (Å²) >= 11 is 0. The highest BCUT2D eigenvalue weighted by Gasteiger charge is 2.38. The Labute approximate surface area is 222 Å². The first-order chi connectivity index (χ1) is 18.5. The highest BCUT2D eigenvalue weighted by molar-refractivity contribution is 5.74. The first kappa shape index (κ1) is 29.0. The summed E-state index contributed by atoms with van der Waals surface area (Å²) in [6.07, 6.45) is -4.10. The number of ether oxygens (including phenoxy) is 1. The Bertz CT molecular complexity index is 1320. The van der Waals surface area contributed by atoms with Crippen LogP contribution in [0.2, 0.25) is 0 Å². The summed E-state index contributed by atoms with van der Waals surface area (Å²) in [4.78, 5) is 27.0. The van der Waals surface area contributed by atoms with E-state index in [-0.39, 0.29) is 0 Å². The van der Waals surface area contributed by atoms with Crippen LogP contribution in [0.5, 0.6) is 5.75 Å². The van der Waals surface area contributed by atoms with Gasteiger partial charge in [-0.25, -0.2) is 4.79 Å². The quantitative estimate of drug-likeness (QED) is 0.271. The average Bonchev–Trinajstić information content (AvgIpc) is 3.34. The fourth-order valence-electron chi connectivity index (χ4n) is 3.57. The van der Waals surface area contributed by atoms with Gasteiger partial charge in [0, 0.05) is 7.05 Å². The Morgan fingerprint density at radius 3 is 2.05 bits per heavy atom. The molecule has 0 aliphatic carbocycles. The molecule has 0 fully saturated rings. The van der Waals surface area contributed by atoms with Gasteiger partial charge >= 0.3 is 18.1 Å². The van der Waals surface area contributed by atoms with Crippen LogP contribution in [-0.2, 0) is 22.4 Å². The minimum Gasteiger partial charge on any atom is -0.492 e. The zero-order valence-electron chi connectivity index (χ0n) is 21.0. The lowest BCUT2D eigenvalue weighted by molar-refractivity contribution is -0.192. The number of carboxylic acid groups (broad SMARTS) is 2. The van der Waals surface area contributed by atoms with Crippen molar-refractivity contribution in [3.05, 3.63) is 90.0 Å². The molecular formula is C28H27F3N2O6. The molecule has 2 N–H and O–H groups in total. The van der Waals surface area contributed by atoms with Crippen LogP contribution in [0, 0.1) is 5.92 Å². The molecule has 0 spiro atoms. The minimum absolute atomic E-state index is 0.464. The summed E-state index contributed by atoms with van der Waals surface area (Å²) < 4.78 is 43.3. The number of alkyl halides is 3. The van der Waals surface area contributed by atoms with Crippen molar-refractivity contribution in [2.75, 3.05) is 25.1 Å². The van der Waals surface area contributed by atoms with Crippen molar-refractivity contribution < 1.29 is 42.1 Å². The standard InChI is InChI=1S/C26H26N2O4.C2HF3O2/c1-28(26-27-23-9-5-6-10-24(23)32-26)15-16-31-22-13-11-20(12-14-22)18-21(25(29)30)17-19-7-3-2-4-8-19;3-2(4,5)1(6)7/h2-14,21H,15-18H2,1H3,(H,29,30);(H,6,7). The number of fused-ring (bicyclic) bond motifs is 1. The summed E-state index contributed by atoms with van der Waals surface area (Å²) in [5.41, 5.74) is 3.60. The van der Waals surface area contributed by atoms with E-state index in [4.69, 9.17) is 19.1 Å². The van der Waals surface area contributed by atoms with E-state index in [1.54, 1.807) is 0 Å². The van der Waals surface area contributed by atoms with Crippen molar-refractivity contribution >= 4 is 29.1 Å². The molecule has 0 aliphatic rings. The van der Waals surface area contributed by atoms with Crippen molar-refractivity contribution in [2.45, 2.75) is 19.0 Å². The van der Waals surface area contributed by atoms with Crippen molar-refractivity contribution in [1.82, 2.24) is 4.98 Å². The normalized spacial score (nSPS) is 11.8. The summed E-state index contributed by atoms with van der Waals surface area (Å²) in [6.45, 7) is 1.09. The number of aromatic nitrogens is 1. The first-order valence-electron chi connectivity index (χ1n) is 11.9. The van der Waals surface area contributed by atoms with Crippen LogP contribution < -0.4 is 9.64 Å². The SMILES string of the molecule is CN(CCOc1ccc(CC(Cc2ccccc2)C(=O)O)cc1)c1nc2ccccc2o1.O=C(O)C(F)(F)F. The molecule has 0 saturated carbocycles. The van der Waals surface area contributed by atoms with Gasteiger partial charge in [-0.2, -0.15) is 18.2 Å². The maximum Gasteiger partial charge on any atom is 0.490 e. The summed E-state index contributed by atoms with van der Waals surface area (Å²) in [5.74, 6) is -3.26. The maximum absolute atomic E-state index is 11.7. The van der Waals surface area contributed by atoms with Crippen LogP contribution in [0.25, 0.3) is 11.1 Å². The lowest BCUT2D eigenvalue weighted by Crippen LogP contribution is -2.24. The highest BCUT2D eigenvalue weighted by atomic mass is 19.4. The van der Waals surface area contributed by atoms with Gasteiger partial charge in [-0.15, -0.1) is 0 Å². The number of carbonyl (C=O) groups is 2. The molecule has 4 rings (SSSR count). The van der Waals surface area contributed by atoms with Crippen molar-refractivity contribution in [3.8, 4) is 5.75 Å². The number of carboxylic acids is 2. The zero-order chi connectivity index (χ0) is 28.4. The fraction of sp³-hybridized carbons (Fsp3) is 0.250. The predicted molar refractivity (Wildman–Crippen MR) is 138 cm³/mol. The Hall–Kier alpha value is -4.54. The molecule has 1 unspecified atom stereocenters. The summed E-state index contributed by atoms with van der Waals surface area (Å²) in [7, 11) is 1.91. The van der Waals surface area contributed by atoms with E-state index < -0.39 is 24.0 Å². The second-order valence-electron chi connectivity index (χ2n) is 8.61. The van der Waals surface area contributed by atoms with E-state index in [1.165, 1.54) is 0 Å². The Morgan fingerprint density at radius 1 is 0.923 bits per heavy atom. The molecule has 0 radical (unpaired) electrons. The topological polar surface area (TPSA) is 113 Å². The van der Waals surface area contributed by atoms with Crippen LogP contribution in [-0.4, -0.2) is 53.5 Å². The molecule has 1 atom stereocenters. The molecule has 0 bridgehead atoms. The van der Waals surface area contributed by atoms with E-state index >= 15 is 0 Å². The number of halogens is 3. The maximum atomic E-state index is 11.7. The van der Waals surface area contributed by atoms with Crippen molar-refractivity contribution in [3.63, 3.8) is 0 Å². The number of benzene rings is 3. The van der Waals surface area contributed by atoms with Gasteiger partial charge in [0.05, 0.1) is 12.5 Å². The third kappa shape index (κ3) is 9.06. The average molecular weight is 545 g/mol. The second-order valence-corrected chi connectivity index (χ2v) is 8.61. The summed E-state index contributed by atoms with van der Waals surface area (Å²) in [6, 6.07) is 25.6. The molecule has 0 amide bonds. The molecule has 4 aromatic rings. The van der Waals surface area contributed by atoms with E-state index in [9.17, 15) is 23.1 Å². The molecule has 1 heterocycles. The van der Waals surface area contributed by atoms with Crippen LogP contribution in [0.3, 0.4) is 0 Å². The lowest BCUT2D eigenvalue weighted by Gasteiger charge is -2.15. The number of nitrogens with zero attached hydrogens (tertiary/aromatic N) is 2. The Morgan fingerprint density at radius 2 is 1.49 bits per heavy atom. The molecule has 11 heteroatoms. The number of para-hydroxylation sites is 2. The van der Waals surface area contributed by atoms with Crippen molar-refractivity contribution in [2.24, 2.45) is 5.92 Å². The molecule has 3 aromatic carbocycles. The van der Waals surface area contributed by atoms with Crippen molar-refractivity contribution in [1.29, 1.82) is 0 Å². The van der Waals surface area contributed by atoms with Gasteiger partial charge in [0.15, 0.2) is 5.58 Å². The van der Waals surface area contributed by atoms with E-state index in [0.717, 1.165) is 28.0 Å². The van der Waals surface area contributed by atoms with Gasteiger partial charge in [-0.1, -0.05) is 54.6 Å². The number of anilines is 1. The van der Waals surface area contributed by atoms with Gasteiger partial charge in [0.25, 0.3) is 6.01 Å². The molecule has 206 valence electrons. The van der Waals surface area contributed by atoms with Crippen LogP contribution in [0.15, 0.2) is 83.3 Å². The number of likely N-dealkylation sites (N-methyl/N-ethyl adjacent to an activating group) is 1. The zero-order valence-corrected chi connectivity index (χ0v) is 21.0. The van der Waals surface area contributed by atoms with E-state index in [1.807, 2.05) is 90.8 Å². The largest absolute Gasteiger partial charge is 0.492 e. The van der Waals surface area contributed by atoms with E-state index in [0.29, 0.717) is 32.0 Å². The van der Waals surface area contributed by atoms with Gasteiger partial charge in [0.1, 0.15) is 17.9 Å². The molecule has 8 nitrogen and oxygen atoms in total. The highest BCUT2D eigenvalue weighted by Crippen LogP contribution is 2.21. The third-order valence-electron chi connectivity index (χ3n) is 5.63. The van der Waals surface area contributed by atoms with Gasteiger partial charge in [0.2, 0.25) is 0 Å². The lowest BCUT2D eigenvalue weighted by atomic mass is 9.92. The molecule has 0 aliphatic heterocycles. The van der Waals surface area contributed by atoms with Crippen LogP contribution in [0.4, 0.5) is 19.2 Å². The molecule has 1 aromatic heterocycles. The van der Waals surface area contributed by atoms with Crippen LogP contribution in [0.1, 0.15) is 11.1 Å². The number of oxazole rings is 1. The monoisotopic (exact) mass is 544 g/mol. The Kier molecular flexibility index (Phi) is 9.91. The van der Waals surface area contributed by atoms with Gasteiger partial charge in [-0.05, 0) is 48.2 Å². The number of hydrogen-bond acceptors (Lipinski definition) is 6. The Balaban J connectivity index is 0.000000532. The number of hydrogen-bond donors (Lipinski definition) is 2. The fourth-order valence-corrected chi connectivity index (χ4v) is 3.57. The second kappa shape index (κ2) is 13.3.